The number of hydrogen-bond donors (Lipinski definition) is 1. The molecular weight excluding hydrogens is 396 g/mol. The molecule has 0 saturated carbocycles. The lowest BCUT2D eigenvalue weighted by atomic mass is 10.1. The first kappa shape index (κ1) is 22.2. The molecule has 0 fully saturated rings. The van der Waals surface area contributed by atoms with Crippen molar-refractivity contribution < 1.29 is 27.5 Å². The van der Waals surface area contributed by atoms with Crippen LogP contribution in [-0.4, -0.2) is 52.5 Å². The van der Waals surface area contributed by atoms with Crippen LogP contribution in [0.3, 0.4) is 0 Å². The number of nitrogens with one attached hydrogen (secondary N) is 1. The minimum Gasteiger partial charge on any atom is -0.495 e. The molecule has 2 aromatic carbocycles. The maximum absolute atomic E-state index is 12.8. The largest absolute Gasteiger partial charge is 0.495 e. The Hall–Kier alpha value is -3.07. The zero-order chi connectivity index (χ0) is 21.8. The summed E-state index contributed by atoms with van der Waals surface area (Å²) in [5, 5.41) is 0. The maximum Gasteiger partial charge on any atom is 0.339 e. The highest BCUT2D eigenvalue weighted by Crippen LogP contribution is 2.27. The van der Waals surface area contributed by atoms with E-state index in [-0.39, 0.29) is 22.1 Å². The Balaban J connectivity index is 2.31. The molecule has 1 N–H and O–H groups in total. The van der Waals surface area contributed by atoms with Gasteiger partial charge in [0, 0.05) is 14.1 Å². The van der Waals surface area contributed by atoms with Crippen LogP contribution in [0, 0.1) is 6.92 Å². The molecule has 0 heterocycles. The Morgan fingerprint density at radius 1 is 1.10 bits per heavy atom. The highest BCUT2D eigenvalue weighted by molar-refractivity contribution is 7.92. The van der Waals surface area contributed by atoms with E-state index in [4.69, 9.17) is 9.47 Å². The van der Waals surface area contributed by atoms with E-state index < -0.39 is 22.1 Å². The van der Waals surface area contributed by atoms with Crippen molar-refractivity contribution in [3.05, 3.63) is 53.6 Å². The van der Waals surface area contributed by atoms with E-state index in [2.05, 4.69) is 4.72 Å². The minimum atomic E-state index is -3.99. The number of carbonyl (C=O) groups is 2. The number of ether oxygens (including phenoxy) is 2. The van der Waals surface area contributed by atoms with Crippen molar-refractivity contribution in [2.45, 2.75) is 24.8 Å². The van der Waals surface area contributed by atoms with Gasteiger partial charge in [-0.15, -0.1) is 0 Å². The van der Waals surface area contributed by atoms with Gasteiger partial charge in [0.25, 0.3) is 15.9 Å². The van der Waals surface area contributed by atoms with E-state index in [1.807, 2.05) is 0 Å². The quantitative estimate of drug-likeness (QED) is 0.691. The molecule has 156 valence electrons. The standard InChI is InChI=1S/C20H24N2O6S/c1-13-10-11-15(12-16(13)20(24)28-14(2)19(23)22(3)4)29(25,26)21-17-8-6-7-9-18(17)27-5/h6-12,14,21H,1-5H3/t14-/m1/s1. The van der Waals surface area contributed by atoms with Gasteiger partial charge in [0.05, 0.1) is 23.3 Å². The van der Waals surface area contributed by atoms with Crippen LogP contribution < -0.4 is 9.46 Å². The predicted molar refractivity (Wildman–Crippen MR) is 109 cm³/mol. The second-order valence-electron chi connectivity index (χ2n) is 6.56. The van der Waals surface area contributed by atoms with Crippen LogP contribution in [-0.2, 0) is 19.6 Å². The molecule has 2 aromatic rings. The number of benzene rings is 2. The summed E-state index contributed by atoms with van der Waals surface area (Å²) < 4.78 is 38.4. The van der Waals surface area contributed by atoms with E-state index in [9.17, 15) is 18.0 Å². The molecule has 0 aliphatic rings. The lowest BCUT2D eigenvalue weighted by Crippen LogP contribution is -2.35. The number of likely N-dealkylation sites (N-methyl/N-ethyl adjacent to an activating group) is 1. The Kier molecular flexibility index (Phi) is 6.86. The van der Waals surface area contributed by atoms with E-state index in [1.54, 1.807) is 45.3 Å². The second-order valence-corrected chi connectivity index (χ2v) is 8.25. The molecule has 0 aliphatic carbocycles. The summed E-state index contributed by atoms with van der Waals surface area (Å²) in [5.41, 5.74) is 0.854. The number of aryl methyl sites for hydroxylation is 1. The number of sulfonamides is 1. The van der Waals surface area contributed by atoms with Crippen LogP contribution in [0.5, 0.6) is 5.75 Å². The average molecular weight is 420 g/mol. The molecule has 0 spiro atoms. The van der Waals surface area contributed by atoms with Gasteiger partial charge in [0.1, 0.15) is 5.75 Å². The first-order valence-electron chi connectivity index (χ1n) is 8.75. The molecule has 9 heteroatoms. The zero-order valence-electron chi connectivity index (χ0n) is 16.9. The van der Waals surface area contributed by atoms with Gasteiger partial charge in [-0.05, 0) is 43.7 Å². The summed E-state index contributed by atoms with van der Waals surface area (Å²) >= 11 is 0. The van der Waals surface area contributed by atoms with Crippen LogP contribution in [0.2, 0.25) is 0 Å². The number of anilines is 1. The number of esters is 1. The maximum atomic E-state index is 12.8. The van der Waals surface area contributed by atoms with Crippen LogP contribution in [0.4, 0.5) is 5.69 Å². The summed E-state index contributed by atoms with van der Waals surface area (Å²) in [6.45, 7) is 3.11. The topological polar surface area (TPSA) is 102 Å². The molecule has 0 aromatic heterocycles. The summed E-state index contributed by atoms with van der Waals surface area (Å²) in [6.07, 6.45) is -0.996. The zero-order valence-corrected chi connectivity index (χ0v) is 17.7. The minimum absolute atomic E-state index is 0.0614. The lowest BCUT2D eigenvalue weighted by molar-refractivity contribution is -0.137. The monoisotopic (exact) mass is 420 g/mol. The number of rotatable bonds is 7. The van der Waals surface area contributed by atoms with Crippen molar-refractivity contribution in [2.24, 2.45) is 0 Å². The molecule has 0 saturated heterocycles. The molecule has 8 nitrogen and oxygen atoms in total. The van der Waals surface area contributed by atoms with E-state index >= 15 is 0 Å². The van der Waals surface area contributed by atoms with Gasteiger partial charge in [-0.3, -0.25) is 9.52 Å². The molecule has 1 atom stereocenters. The third-order valence-electron chi connectivity index (χ3n) is 4.16. The smallest absolute Gasteiger partial charge is 0.339 e. The van der Waals surface area contributed by atoms with E-state index in [0.717, 1.165) is 0 Å². The Morgan fingerprint density at radius 3 is 2.38 bits per heavy atom. The fourth-order valence-electron chi connectivity index (χ4n) is 2.56. The second kappa shape index (κ2) is 8.95. The van der Waals surface area contributed by atoms with Crippen molar-refractivity contribution in [1.82, 2.24) is 4.90 Å². The van der Waals surface area contributed by atoms with Gasteiger partial charge < -0.3 is 14.4 Å². The third kappa shape index (κ3) is 5.26. The number of carbonyl (C=O) groups excluding carboxylic acids is 2. The number of para-hydroxylation sites is 2. The normalized spacial score (nSPS) is 12.0. The van der Waals surface area contributed by atoms with Crippen molar-refractivity contribution in [1.29, 1.82) is 0 Å². The molecule has 0 radical (unpaired) electrons. The summed E-state index contributed by atoms with van der Waals surface area (Å²) in [5.74, 6) is -0.795. The molecule has 0 bridgehead atoms. The number of amides is 1. The van der Waals surface area contributed by atoms with Crippen molar-refractivity contribution in [3.8, 4) is 5.75 Å². The van der Waals surface area contributed by atoms with Crippen LogP contribution >= 0.6 is 0 Å². The Morgan fingerprint density at radius 2 is 1.76 bits per heavy atom. The van der Waals surface area contributed by atoms with Crippen molar-refractivity contribution in [3.63, 3.8) is 0 Å². The highest BCUT2D eigenvalue weighted by Gasteiger charge is 2.24. The first-order chi connectivity index (χ1) is 13.6. The van der Waals surface area contributed by atoms with Gasteiger partial charge in [0.2, 0.25) is 0 Å². The van der Waals surface area contributed by atoms with Gasteiger partial charge >= 0.3 is 5.97 Å². The number of nitrogens with zero attached hydrogens (tertiary/aromatic N) is 1. The number of methoxy groups -OCH3 is 1. The van der Waals surface area contributed by atoms with E-state index in [1.165, 1.54) is 37.1 Å². The lowest BCUT2D eigenvalue weighted by Gasteiger charge is -2.18. The molecule has 1 amide bonds. The van der Waals surface area contributed by atoms with Gasteiger partial charge in [-0.2, -0.15) is 0 Å². The summed E-state index contributed by atoms with van der Waals surface area (Å²) in [7, 11) is 0.544. The predicted octanol–water partition coefficient (Wildman–Crippen LogP) is 2.44. The van der Waals surface area contributed by atoms with E-state index in [0.29, 0.717) is 11.3 Å². The van der Waals surface area contributed by atoms with Gasteiger partial charge in [0.15, 0.2) is 6.10 Å². The number of hydrogen-bond acceptors (Lipinski definition) is 6. The van der Waals surface area contributed by atoms with Crippen LogP contribution in [0.15, 0.2) is 47.4 Å². The Labute approximate surface area is 170 Å². The molecule has 0 aliphatic heterocycles. The third-order valence-corrected chi connectivity index (χ3v) is 5.53. The Bertz CT molecular complexity index is 1020. The summed E-state index contributed by atoms with van der Waals surface area (Å²) in [6, 6.07) is 10.7. The summed E-state index contributed by atoms with van der Waals surface area (Å²) in [4.78, 5) is 25.6. The van der Waals surface area contributed by atoms with Crippen molar-refractivity contribution in [2.75, 3.05) is 25.9 Å². The SMILES string of the molecule is COc1ccccc1NS(=O)(=O)c1ccc(C)c(C(=O)O[C@H](C)C(=O)N(C)C)c1. The fraction of sp³-hybridized carbons (Fsp3) is 0.300. The van der Waals surface area contributed by atoms with Crippen LogP contribution in [0.25, 0.3) is 0 Å². The highest BCUT2D eigenvalue weighted by atomic mass is 32.2. The molecule has 2 rings (SSSR count). The average Bonchev–Trinajstić information content (AvgIpc) is 2.67. The molecular formula is C20H24N2O6S. The fourth-order valence-corrected chi connectivity index (χ4v) is 3.66. The van der Waals surface area contributed by atoms with Gasteiger partial charge in [-0.1, -0.05) is 18.2 Å². The molecule has 29 heavy (non-hydrogen) atoms. The van der Waals surface area contributed by atoms with Crippen molar-refractivity contribution >= 4 is 27.6 Å². The van der Waals surface area contributed by atoms with Gasteiger partial charge in [-0.25, -0.2) is 13.2 Å². The van der Waals surface area contributed by atoms with Crippen LogP contribution in [0.1, 0.15) is 22.8 Å². The molecule has 0 unspecified atom stereocenters. The first-order valence-corrected chi connectivity index (χ1v) is 10.2.